The van der Waals surface area contributed by atoms with Crippen LogP contribution in [0.4, 0.5) is 4.39 Å². The molecule has 6 heteroatoms. The van der Waals surface area contributed by atoms with Crippen LogP contribution in [0.5, 0.6) is 11.5 Å². The van der Waals surface area contributed by atoms with Crippen LogP contribution < -0.4 is 20.1 Å². The van der Waals surface area contributed by atoms with E-state index in [1.54, 1.807) is 13.1 Å². The smallest absolute Gasteiger partial charge is 0.191 e. The molecular weight excluding hydrogens is 333 g/mol. The number of guanidine groups is 1. The van der Waals surface area contributed by atoms with Gasteiger partial charge in [0.15, 0.2) is 17.5 Å². The van der Waals surface area contributed by atoms with Gasteiger partial charge in [-0.1, -0.05) is 18.2 Å². The lowest BCUT2D eigenvalue weighted by Crippen LogP contribution is -2.36. The number of rotatable bonds is 7. The molecule has 0 aliphatic heterocycles. The minimum atomic E-state index is -0.379. The highest BCUT2D eigenvalue weighted by atomic mass is 19.1. The largest absolute Gasteiger partial charge is 0.494 e. The number of aryl methyl sites for hydroxylation is 1. The lowest BCUT2D eigenvalue weighted by molar-refractivity contribution is 0.336. The highest BCUT2D eigenvalue weighted by Gasteiger charge is 2.07. The van der Waals surface area contributed by atoms with Crippen molar-refractivity contribution < 1.29 is 13.9 Å². The van der Waals surface area contributed by atoms with E-state index in [2.05, 4.69) is 21.7 Å². The Morgan fingerprint density at radius 3 is 2.50 bits per heavy atom. The molecule has 0 radical (unpaired) electrons. The Kier molecular flexibility index (Phi) is 7.26. The molecular formula is C20H26FN3O2. The zero-order chi connectivity index (χ0) is 18.9. The van der Waals surface area contributed by atoms with Crippen LogP contribution in [0.3, 0.4) is 0 Å². The van der Waals surface area contributed by atoms with Crippen LogP contribution in [0.25, 0.3) is 0 Å². The van der Waals surface area contributed by atoms with Crippen LogP contribution >= 0.6 is 0 Å². The van der Waals surface area contributed by atoms with Crippen molar-refractivity contribution in [3.63, 3.8) is 0 Å². The predicted octanol–water partition coefficient (Wildman–Crippen LogP) is 3.41. The van der Waals surface area contributed by atoms with Gasteiger partial charge in [0.25, 0.3) is 0 Å². The van der Waals surface area contributed by atoms with Crippen LogP contribution in [0, 0.1) is 12.7 Å². The van der Waals surface area contributed by atoms with E-state index < -0.39 is 0 Å². The molecule has 5 nitrogen and oxygen atoms in total. The van der Waals surface area contributed by atoms with Gasteiger partial charge in [0.05, 0.1) is 13.7 Å². The Labute approximate surface area is 154 Å². The Morgan fingerprint density at radius 2 is 1.85 bits per heavy atom. The van der Waals surface area contributed by atoms with E-state index in [-0.39, 0.29) is 11.6 Å². The summed E-state index contributed by atoms with van der Waals surface area (Å²) in [6.07, 6.45) is 0. The molecule has 0 aromatic heterocycles. The monoisotopic (exact) mass is 359 g/mol. The molecule has 26 heavy (non-hydrogen) atoms. The molecule has 0 atom stereocenters. The standard InChI is InChI=1S/C20H26FN3O2/c1-5-26-19-10-14(2)6-8-16(19)13-24-20(22-3)23-12-15-7-9-18(25-4)17(21)11-15/h6-11H,5,12-13H2,1-4H3,(H2,22,23,24). The Morgan fingerprint density at radius 1 is 1.08 bits per heavy atom. The summed E-state index contributed by atoms with van der Waals surface area (Å²) in [5.41, 5.74) is 3.01. The number of nitrogens with zero attached hydrogens (tertiary/aromatic N) is 1. The maximum Gasteiger partial charge on any atom is 0.191 e. The first-order valence-corrected chi connectivity index (χ1v) is 8.56. The molecule has 0 fully saturated rings. The molecule has 0 aliphatic rings. The molecule has 0 saturated heterocycles. The van der Waals surface area contributed by atoms with E-state index in [0.717, 1.165) is 22.4 Å². The molecule has 2 aromatic carbocycles. The van der Waals surface area contributed by atoms with Gasteiger partial charge in [-0.25, -0.2) is 4.39 Å². The Hall–Kier alpha value is -2.76. The number of nitrogens with one attached hydrogen (secondary N) is 2. The van der Waals surface area contributed by atoms with Gasteiger partial charge in [-0.3, -0.25) is 4.99 Å². The van der Waals surface area contributed by atoms with Crippen molar-refractivity contribution in [3.8, 4) is 11.5 Å². The average molecular weight is 359 g/mol. The van der Waals surface area contributed by atoms with Crippen LogP contribution in [0.2, 0.25) is 0 Å². The SMILES string of the molecule is CCOc1cc(C)ccc1CNC(=NC)NCc1ccc(OC)c(F)c1. The Bertz CT molecular complexity index is 763. The molecule has 140 valence electrons. The molecule has 0 bridgehead atoms. The van der Waals surface area contributed by atoms with Gasteiger partial charge in [0, 0.05) is 25.7 Å². The van der Waals surface area contributed by atoms with Crippen molar-refractivity contribution in [3.05, 3.63) is 58.9 Å². The van der Waals surface area contributed by atoms with Crippen LogP contribution in [0.15, 0.2) is 41.4 Å². The van der Waals surface area contributed by atoms with Gasteiger partial charge >= 0.3 is 0 Å². The highest BCUT2D eigenvalue weighted by Crippen LogP contribution is 2.20. The summed E-state index contributed by atoms with van der Waals surface area (Å²) in [6.45, 7) is 5.65. The second kappa shape index (κ2) is 9.65. The van der Waals surface area contributed by atoms with Crippen molar-refractivity contribution in [2.75, 3.05) is 20.8 Å². The minimum absolute atomic E-state index is 0.235. The topological polar surface area (TPSA) is 54.9 Å². The van der Waals surface area contributed by atoms with E-state index in [0.29, 0.717) is 25.7 Å². The molecule has 0 unspecified atom stereocenters. The molecule has 0 spiro atoms. The maximum absolute atomic E-state index is 13.8. The average Bonchev–Trinajstić information content (AvgIpc) is 2.63. The third-order valence-corrected chi connectivity index (χ3v) is 3.87. The molecule has 2 aromatic rings. The Balaban J connectivity index is 1.95. The van der Waals surface area contributed by atoms with Gasteiger partial charge < -0.3 is 20.1 Å². The summed E-state index contributed by atoms with van der Waals surface area (Å²) < 4.78 is 24.4. The van der Waals surface area contributed by atoms with E-state index in [9.17, 15) is 4.39 Å². The van der Waals surface area contributed by atoms with Gasteiger partial charge in [-0.15, -0.1) is 0 Å². The lowest BCUT2D eigenvalue weighted by Gasteiger charge is -2.15. The lowest BCUT2D eigenvalue weighted by atomic mass is 10.1. The summed E-state index contributed by atoms with van der Waals surface area (Å²) in [7, 11) is 3.15. The molecule has 2 N–H and O–H groups in total. The molecule has 0 amide bonds. The quantitative estimate of drug-likeness (QED) is 0.588. The zero-order valence-electron chi connectivity index (χ0n) is 15.7. The summed E-state index contributed by atoms with van der Waals surface area (Å²) in [4.78, 5) is 4.20. The molecule has 0 saturated carbocycles. The molecule has 2 rings (SSSR count). The number of benzene rings is 2. The van der Waals surface area contributed by atoms with Crippen LogP contribution in [-0.4, -0.2) is 26.7 Å². The molecule has 0 heterocycles. The van der Waals surface area contributed by atoms with Crippen LogP contribution in [0.1, 0.15) is 23.6 Å². The van der Waals surface area contributed by atoms with Crippen molar-refractivity contribution in [2.45, 2.75) is 26.9 Å². The van der Waals surface area contributed by atoms with Gasteiger partial charge in [0.1, 0.15) is 5.75 Å². The van der Waals surface area contributed by atoms with E-state index in [1.807, 2.05) is 32.0 Å². The third-order valence-electron chi connectivity index (χ3n) is 3.87. The maximum atomic E-state index is 13.8. The second-order valence-electron chi connectivity index (χ2n) is 5.79. The fourth-order valence-electron chi connectivity index (χ4n) is 2.50. The summed E-state index contributed by atoms with van der Waals surface area (Å²) in [6, 6.07) is 11.0. The van der Waals surface area contributed by atoms with Crippen molar-refractivity contribution in [2.24, 2.45) is 4.99 Å². The van der Waals surface area contributed by atoms with Crippen molar-refractivity contribution in [1.29, 1.82) is 0 Å². The van der Waals surface area contributed by atoms with E-state index in [1.165, 1.54) is 13.2 Å². The van der Waals surface area contributed by atoms with Crippen molar-refractivity contribution in [1.82, 2.24) is 10.6 Å². The highest BCUT2D eigenvalue weighted by molar-refractivity contribution is 5.79. The first kappa shape index (κ1) is 19.6. The third kappa shape index (κ3) is 5.37. The van der Waals surface area contributed by atoms with Gasteiger partial charge in [-0.2, -0.15) is 0 Å². The number of halogens is 1. The first-order valence-electron chi connectivity index (χ1n) is 8.56. The van der Waals surface area contributed by atoms with Crippen LogP contribution in [-0.2, 0) is 13.1 Å². The zero-order valence-corrected chi connectivity index (χ0v) is 15.7. The first-order chi connectivity index (χ1) is 12.6. The fraction of sp³-hybridized carbons (Fsp3) is 0.350. The number of hydrogen-bond donors (Lipinski definition) is 2. The van der Waals surface area contributed by atoms with Gasteiger partial charge in [0.2, 0.25) is 0 Å². The number of aliphatic imine (C=N–C) groups is 1. The molecule has 0 aliphatic carbocycles. The fourth-order valence-corrected chi connectivity index (χ4v) is 2.50. The summed E-state index contributed by atoms with van der Waals surface area (Å²) in [5.74, 6) is 1.35. The second-order valence-corrected chi connectivity index (χ2v) is 5.79. The number of methoxy groups -OCH3 is 1. The van der Waals surface area contributed by atoms with E-state index in [4.69, 9.17) is 9.47 Å². The summed E-state index contributed by atoms with van der Waals surface area (Å²) >= 11 is 0. The normalized spacial score (nSPS) is 11.2. The summed E-state index contributed by atoms with van der Waals surface area (Å²) in [5, 5.41) is 6.43. The van der Waals surface area contributed by atoms with Gasteiger partial charge in [-0.05, 0) is 43.2 Å². The van der Waals surface area contributed by atoms with E-state index >= 15 is 0 Å². The number of hydrogen-bond acceptors (Lipinski definition) is 3. The number of ether oxygens (including phenoxy) is 2. The van der Waals surface area contributed by atoms with Crippen molar-refractivity contribution >= 4 is 5.96 Å². The predicted molar refractivity (Wildman–Crippen MR) is 102 cm³/mol. The minimum Gasteiger partial charge on any atom is -0.494 e.